The number of halogens is 5. The van der Waals surface area contributed by atoms with Gasteiger partial charge in [0, 0.05) is 42.4 Å². The fourth-order valence-electron chi connectivity index (χ4n) is 6.34. The Kier molecular flexibility index (Phi) is 9.65. The van der Waals surface area contributed by atoms with Crippen molar-refractivity contribution in [1.82, 2.24) is 15.1 Å². The summed E-state index contributed by atoms with van der Waals surface area (Å²) in [4.78, 5) is 29.8. The Labute approximate surface area is 273 Å². The highest BCUT2D eigenvalue weighted by Gasteiger charge is 2.46. The average Bonchev–Trinajstić information content (AvgIpc) is 3.43. The number of piperidine rings is 1. The smallest absolute Gasteiger partial charge is 0.382 e. The van der Waals surface area contributed by atoms with Crippen LogP contribution in [0.15, 0.2) is 54.6 Å². The summed E-state index contributed by atoms with van der Waals surface area (Å²) >= 11 is 0. The maximum atomic E-state index is 14.1. The summed E-state index contributed by atoms with van der Waals surface area (Å²) in [5.41, 5.74) is 1.81. The fourth-order valence-corrected chi connectivity index (χ4v) is 6.34. The van der Waals surface area contributed by atoms with Crippen molar-refractivity contribution in [3.8, 4) is 0 Å². The lowest BCUT2D eigenvalue weighted by molar-refractivity contribution is -0.171. The van der Waals surface area contributed by atoms with E-state index in [-0.39, 0.29) is 55.6 Å². The van der Waals surface area contributed by atoms with E-state index in [0.29, 0.717) is 32.6 Å². The van der Waals surface area contributed by atoms with Gasteiger partial charge in [-0.05, 0) is 106 Å². The molecular formula is C34H35F5N6O3. The minimum absolute atomic E-state index is 0.0667. The number of hydrogen-bond donors (Lipinski definition) is 3. The third-order valence-electron chi connectivity index (χ3n) is 8.80. The molecule has 3 aromatic carbocycles. The second kappa shape index (κ2) is 13.9. The number of fused-ring (bicyclic) bond motifs is 1. The second-order valence-electron chi connectivity index (χ2n) is 12.3. The van der Waals surface area contributed by atoms with Gasteiger partial charge in [-0.15, -0.1) is 0 Å². The summed E-state index contributed by atoms with van der Waals surface area (Å²) in [5, 5.41) is 13.6. The lowest BCUT2D eigenvalue weighted by Crippen LogP contribution is -2.50. The summed E-state index contributed by atoms with van der Waals surface area (Å²) < 4.78 is 75.2. The third kappa shape index (κ3) is 7.60. The molecule has 14 heteroatoms. The third-order valence-corrected chi connectivity index (χ3v) is 8.80. The predicted molar refractivity (Wildman–Crippen MR) is 171 cm³/mol. The molecule has 0 spiro atoms. The number of carbonyl (C=O) groups excluding carboxylic acids is 2. The largest absolute Gasteiger partial charge is 0.471 e. The molecule has 48 heavy (non-hydrogen) atoms. The standard InChI is InChI=1S/C34H35F5N6O3/c1-44-10-6-24(7-11-44)40-25-3-4-27(30(19-25)45(33(47)34(37,38)39)26-8-12-48-13-9-26)32(46)41-31-28-17-20(2-5-29(28)42-43-31)14-21-15-22(35)18-23(36)16-21/h2-5,15-19,24,26,40H,6-14H2,1H3,(H2,41,42,43,46). The van der Waals surface area contributed by atoms with Gasteiger partial charge in [0.15, 0.2) is 5.82 Å². The van der Waals surface area contributed by atoms with Crippen molar-refractivity contribution in [3.63, 3.8) is 0 Å². The fraction of sp³-hybridized carbons (Fsp3) is 0.382. The zero-order valence-corrected chi connectivity index (χ0v) is 26.2. The van der Waals surface area contributed by atoms with Crippen molar-refractivity contribution in [2.75, 3.05) is 48.9 Å². The van der Waals surface area contributed by atoms with Crippen molar-refractivity contribution >= 4 is 39.9 Å². The molecule has 0 bridgehead atoms. The molecule has 2 aliphatic heterocycles. The predicted octanol–water partition coefficient (Wildman–Crippen LogP) is 6.26. The number of hydrogen-bond acceptors (Lipinski definition) is 6. The number of rotatable bonds is 8. The molecule has 3 heterocycles. The van der Waals surface area contributed by atoms with Gasteiger partial charge >= 0.3 is 12.1 Å². The second-order valence-corrected chi connectivity index (χ2v) is 12.3. The van der Waals surface area contributed by atoms with E-state index >= 15 is 0 Å². The van der Waals surface area contributed by atoms with E-state index < -0.39 is 35.7 Å². The highest BCUT2D eigenvalue weighted by molar-refractivity contribution is 6.13. The van der Waals surface area contributed by atoms with Crippen LogP contribution in [0.3, 0.4) is 0 Å². The molecule has 2 amide bonds. The normalized spacial score (nSPS) is 16.6. The molecule has 0 aliphatic carbocycles. The Hall–Kier alpha value is -4.56. The molecular weight excluding hydrogens is 635 g/mol. The number of carbonyl (C=O) groups is 2. The molecule has 6 rings (SSSR count). The Balaban J connectivity index is 1.34. The van der Waals surface area contributed by atoms with E-state index in [0.717, 1.165) is 32.0 Å². The van der Waals surface area contributed by atoms with Gasteiger partial charge in [-0.1, -0.05) is 6.07 Å². The molecule has 2 fully saturated rings. The molecule has 4 aromatic rings. The highest BCUT2D eigenvalue weighted by atomic mass is 19.4. The van der Waals surface area contributed by atoms with Gasteiger partial charge in [0.2, 0.25) is 0 Å². The molecule has 0 radical (unpaired) electrons. The maximum absolute atomic E-state index is 14.1. The Bertz CT molecular complexity index is 1780. The van der Waals surface area contributed by atoms with Gasteiger partial charge in [-0.25, -0.2) is 8.78 Å². The Morgan fingerprint density at radius 2 is 1.67 bits per heavy atom. The number of nitrogens with one attached hydrogen (secondary N) is 3. The number of likely N-dealkylation sites (tertiary alicyclic amines) is 1. The molecule has 254 valence electrons. The first-order valence-corrected chi connectivity index (χ1v) is 15.7. The van der Waals surface area contributed by atoms with Gasteiger partial charge in [-0.3, -0.25) is 14.7 Å². The first-order chi connectivity index (χ1) is 22.9. The molecule has 9 nitrogen and oxygen atoms in total. The number of anilines is 3. The molecule has 3 N–H and O–H groups in total. The van der Waals surface area contributed by atoms with E-state index in [1.54, 1.807) is 24.3 Å². The first-order valence-electron chi connectivity index (χ1n) is 15.7. The van der Waals surface area contributed by atoms with E-state index in [1.165, 1.54) is 24.3 Å². The number of amides is 2. The average molecular weight is 671 g/mol. The quantitative estimate of drug-likeness (QED) is 0.191. The van der Waals surface area contributed by atoms with Gasteiger partial charge in [-0.2, -0.15) is 18.3 Å². The van der Waals surface area contributed by atoms with Crippen molar-refractivity contribution in [1.29, 1.82) is 0 Å². The zero-order valence-electron chi connectivity index (χ0n) is 26.2. The number of aromatic nitrogens is 2. The summed E-state index contributed by atoms with van der Waals surface area (Å²) in [7, 11) is 2.02. The van der Waals surface area contributed by atoms with Crippen molar-refractivity contribution in [2.24, 2.45) is 0 Å². The van der Waals surface area contributed by atoms with Crippen LogP contribution in [0.4, 0.5) is 39.1 Å². The summed E-state index contributed by atoms with van der Waals surface area (Å²) in [6.07, 6.45) is -3.03. The van der Waals surface area contributed by atoms with Crippen LogP contribution in [0.2, 0.25) is 0 Å². The van der Waals surface area contributed by atoms with Gasteiger partial charge in [0.25, 0.3) is 5.91 Å². The van der Waals surface area contributed by atoms with Gasteiger partial charge in [0.05, 0.1) is 16.8 Å². The highest BCUT2D eigenvalue weighted by Crippen LogP contribution is 2.35. The van der Waals surface area contributed by atoms with E-state index in [2.05, 4.69) is 25.7 Å². The molecule has 0 atom stereocenters. The molecule has 2 saturated heterocycles. The van der Waals surface area contributed by atoms with Crippen LogP contribution in [0.1, 0.15) is 47.2 Å². The van der Waals surface area contributed by atoms with Crippen LogP contribution < -0.4 is 15.5 Å². The van der Waals surface area contributed by atoms with E-state index in [1.807, 2.05) is 7.05 Å². The summed E-state index contributed by atoms with van der Waals surface area (Å²) in [6, 6.07) is 12.1. The van der Waals surface area contributed by atoms with E-state index in [4.69, 9.17) is 4.74 Å². The number of ether oxygens (including phenoxy) is 1. The lowest BCUT2D eigenvalue weighted by atomic mass is 10.0. The Morgan fingerprint density at radius 3 is 2.35 bits per heavy atom. The molecule has 0 saturated carbocycles. The minimum atomic E-state index is -5.19. The maximum Gasteiger partial charge on any atom is 0.471 e. The van der Waals surface area contributed by atoms with Crippen molar-refractivity contribution < 1.29 is 36.3 Å². The van der Waals surface area contributed by atoms with Crippen LogP contribution in [0, 0.1) is 11.6 Å². The van der Waals surface area contributed by atoms with Crippen LogP contribution in [0.25, 0.3) is 10.9 Å². The Morgan fingerprint density at radius 1 is 0.958 bits per heavy atom. The number of H-pyrrole nitrogens is 1. The van der Waals surface area contributed by atoms with Gasteiger partial charge in [0.1, 0.15) is 11.6 Å². The van der Waals surface area contributed by atoms with Crippen LogP contribution in [-0.4, -0.2) is 78.5 Å². The number of alkyl halides is 3. The zero-order chi connectivity index (χ0) is 34.0. The molecule has 1 aromatic heterocycles. The topological polar surface area (TPSA) is 103 Å². The lowest BCUT2D eigenvalue weighted by Gasteiger charge is -2.36. The number of nitrogens with zero attached hydrogens (tertiary/aromatic N) is 3. The first kappa shape index (κ1) is 33.3. The van der Waals surface area contributed by atoms with Gasteiger partial charge < -0.3 is 25.2 Å². The van der Waals surface area contributed by atoms with Crippen LogP contribution >= 0.6 is 0 Å². The van der Waals surface area contributed by atoms with Crippen molar-refractivity contribution in [2.45, 2.75) is 50.4 Å². The summed E-state index contributed by atoms with van der Waals surface area (Å²) in [5.74, 6) is -4.15. The SMILES string of the molecule is CN1CCC(Nc2ccc(C(=O)Nc3n[nH]c4ccc(Cc5cc(F)cc(F)c5)cc34)c(N(C(=O)C(F)(F)F)C3CCOCC3)c2)CC1. The summed E-state index contributed by atoms with van der Waals surface area (Å²) in [6.45, 7) is 2.05. The molecule has 0 unspecified atom stereocenters. The van der Waals surface area contributed by atoms with E-state index in [9.17, 15) is 31.5 Å². The van der Waals surface area contributed by atoms with Crippen LogP contribution in [0.5, 0.6) is 0 Å². The monoisotopic (exact) mass is 670 g/mol. The van der Waals surface area contributed by atoms with Crippen molar-refractivity contribution in [3.05, 3.63) is 82.9 Å². The molecule has 2 aliphatic rings. The number of aromatic amines is 1. The minimum Gasteiger partial charge on any atom is -0.382 e. The van der Waals surface area contributed by atoms with Crippen LogP contribution in [-0.2, 0) is 16.0 Å². The number of benzene rings is 3.